The summed E-state index contributed by atoms with van der Waals surface area (Å²) >= 11 is 1.83. The van der Waals surface area contributed by atoms with Crippen molar-refractivity contribution in [3.8, 4) is 11.5 Å². The number of urea groups is 1. The van der Waals surface area contributed by atoms with Crippen LogP contribution in [0.15, 0.2) is 47.4 Å². The molecule has 0 radical (unpaired) electrons. The fourth-order valence-electron chi connectivity index (χ4n) is 4.05. The molecule has 0 aliphatic carbocycles. The number of rotatable bonds is 2. The molecule has 1 fully saturated rings. The van der Waals surface area contributed by atoms with Crippen LogP contribution >= 0.6 is 11.8 Å². The molecule has 0 saturated carbocycles. The van der Waals surface area contributed by atoms with Crippen LogP contribution in [-0.2, 0) is 13.0 Å². The Kier molecular flexibility index (Phi) is 5.67. The Hall–Kier alpha value is -2.34. The number of likely N-dealkylation sites (tertiary alicyclic amines) is 1. The minimum absolute atomic E-state index is 0.0653. The lowest BCUT2D eigenvalue weighted by Gasteiger charge is -2.35. The lowest BCUT2D eigenvalue weighted by atomic mass is 9.90. The first kappa shape index (κ1) is 19.0. The number of nitrogens with zero attached hydrogens (tertiary/aromatic N) is 2. The molecular formula is C22H26N2O3S. The summed E-state index contributed by atoms with van der Waals surface area (Å²) in [7, 11) is 0. The summed E-state index contributed by atoms with van der Waals surface area (Å²) in [5.74, 6) is 1.28. The van der Waals surface area contributed by atoms with Crippen molar-refractivity contribution in [2.24, 2.45) is 5.92 Å². The van der Waals surface area contributed by atoms with Crippen LogP contribution < -0.4 is 0 Å². The highest BCUT2D eigenvalue weighted by atomic mass is 32.2. The summed E-state index contributed by atoms with van der Waals surface area (Å²) < 4.78 is 0. The molecule has 0 unspecified atom stereocenters. The maximum absolute atomic E-state index is 13.0. The second kappa shape index (κ2) is 8.35. The van der Waals surface area contributed by atoms with E-state index in [9.17, 15) is 15.0 Å². The summed E-state index contributed by atoms with van der Waals surface area (Å²) in [6.07, 6.45) is 2.79. The van der Waals surface area contributed by atoms with Crippen molar-refractivity contribution in [2.75, 3.05) is 25.4 Å². The molecule has 2 N–H and O–H groups in total. The normalized spacial score (nSPS) is 17.9. The van der Waals surface area contributed by atoms with Gasteiger partial charge in [-0.2, -0.15) is 0 Å². The number of hydrogen-bond acceptors (Lipinski definition) is 4. The van der Waals surface area contributed by atoms with Crippen LogP contribution in [-0.4, -0.2) is 51.4 Å². The number of carbonyl (C=O) groups is 1. The molecule has 0 bridgehead atoms. The van der Waals surface area contributed by atoms with Gasteiger partial charge in [-0.1, -0.05) is 24.3 Å². The third-order valence-electron chi connectivity index (χ3n) is 5.67. The standard InChI is InChI=1S/C22H26N2O3S/c25-19-6-5-17(14-20(19)26)13-16-7-9-23(10-8-16)22(27)24-11-12-28-21-4-2-1-3-18(21)15-24/h1-6,14,16,25-26H,7-13,15H2. The van der Waals surface area contributed by atoms with Crippen molar-refractivity contribution in [2.45, 2.75) is 30.7 Å². The summed E-state index contributed by atoms with van der Waals surface area (Å²) in [5, 5.41) is 19.1. The molecule has 2 aliphatic rings. The van der Waals surface area contributed by atoms with E-state index in [-0.39, 0.29) is 17.5 Å². The lowest BCUT2D eigenvalue weighted by molar-refractivity contribution is 0.132. The van der Waals surface area contributed by atoms with Crippen LogP contribution in [0.4, 0.5) is 4.79 Å². The Morgan fingerprint density at radius 3 is 2.57 bits per heavy atom. The monoisotopic (exact) mass is 398 g/mol. The van der Waals surface area contributed by atoms with Crippen LogP contribution in [0, 0.1) is 5.92 Å². The zero-order valence-electron chi connectivity index (χ0n) is 15.9. The number of amides is 2. The highest BCUT2D eigenvalue weighted by molar-refractivity contribution is 7.99. The average Bonchev–Trinajstić information content (AvgIpc) is 2.93. The molecule has 2 heterocycles. The molecule has 2 aliphatic heterocycles. The van der Waals surface area contributed by atoms with Crippen molar-refractivity contribution in [3.63, 3.8) is 0 Å². The Morgan fingerprint density at radius 2 is 1.79 bits per heavy atom. The molecule has 2 amide bonds. The van der Waals surface area contributed by atoms with Crippen LogP contribution in [0.5, 0.6) is 11.5 Å². The number of piperidine rings is 1. The van der Waals surface area contributed by atoms with E-state index >= 15 is 0 Å². The number of fused-ring (bicyclic) bond motifs is 1. The third-order valence-corrected chi connectivity index (χ3v) is 6.77. The predicted molar refractivity (Wildman–Crippen MR) is 111 cm³/mol. The minimum Gasteiger partial charge on any atom is -0.504 e. The molecular weight excluding hydrogens is 372 g/mol. The highest BCUT2D eigenvalue weighted by Gasteiger charge is 2.28. The van der Waals surface area contributed by atoms with E-state index in [0.717, 1.165) is 50.2 Å². The van der Waals surface area contributed by atoms with Crippen molar-refractivity contribution < 1.29 is 15.0 Å². The number of phenolic OH excluding ortho intramolecular Hbond substituents is 2. The molecule has 4 rings (SSSR count). The van der Waals surface area contributed by atoms with Crippen molar-refractivity contribution in [3.05, 3.63) is 53.6 Å². The smallest absolute Gasteiger partial charge is 0.320 e. The van der Waals surface area contributed by atoms with Gasteiger partial charge in [0.2, 0.25) is 0 Å². The van der Waals surface area contributed by atoms with E-state index in [2.05, 4.69) is 18.2 Å². The van der Waals surface area contributed by atoms with Gasteiger partial charge in [-0.05, 0) is 54.5 Å². The fraction of sp³-hybridized carbons (Fsp3) is 0.409. The first-order valence-corrected chi connectivity index (χ1v) is 10.8. The van der Waals surface area contributed by atoms with Gasteiger partial charge in [-0.25, -0.2) is 4.79 Å². The van der Waals surface area contributed by atoms with E-state index in [1.807, 2.05) is 33.7 Å². The molecule has 148 valence electrons. The van der Waals surface area contributed by atoms with Gasteiger partial charge in [0.05, 0.1) is 0 Å². The van der Waals surface area contributed by atoms with E-state index in [1.54, 1.807) is 12.1 Å². The summed E-state index contributed by atoms with van der Waals surface area (Å²) in [5.41, 5.74) is 2.27. The third kappa shape index (κ3) is 4.22. The van der Waals surface area contributed by atoms with Crippen LogP contribution in [0.3, 0.4) is 0 Å². The molecule has 0 atom stereocenters. The Balaban J connectivity index is 1.33. The fourth-order valence-corrected chi connectivity index (χ4v) is 5.07. The largest absolute Gasteiger partial charge is 0.504 e. The van der Waals surface area contributed by atoms with Crippen LogP contribution in [0.1, 0.15) is 24.0 Å². The molecule has 0 spiro atoms. The molecule has 2 aromatic carbocycles. The van der Waals surface area contributed by atoms with Gasteiger partial charge in [0.15, 0.2) is 11.5 Å². The summed E-state index contributed by atoms with van der Waals surface area (Å²) in [6.45, 7) is 3.03. The number of thioether (sulfide) groups is 1. The summed E-state index contributed by atoms with van der Waals surface area (Å²) in [4.78, 5) is 18.3. The van der Waals surface area contributed by atoms with Gasteiger partial charge in [0.25, 0.3) is 0 Å². The molecule has 1 saturated heterocycles. The van der Waals surface area contributed by atoms with Gasteiger partial charge in [0.1, 0.15) is 0 Å². The second-order valence-corrected chi connectivity index (χ2v) is 8.75. The number of phenols is 2. The zero-order chi connectivity index (χ0) is 19.5. The van der Waals surface area contributed by atoms with E-state index in [0.29, 0.717) is 12.5 Å². The first-order chi connectivity index (χ1) is 13.6. The SMILES string of the molecule is O=C(N1CCC(Cc2ccc(O)c(O)c2)CC1)N1CCSc2ccccc2C1. The molecule has 2 aromatic rings. The minimum atomic E-state index is -0.0821. The quantitative estimate of drug-likeness (QED) is 0.748. The first-order valence-electron chi connectivity index (χ1n) is 9.85. The molecule has 6 heteroatoms. The van der Waals surface area contributed by atoms with Gasteiger partial charge in [-0.3, -0.25) is 0 Å². The number of benzene rings is 2. The van der Waals surface area contributed by atoms with Gasteiger partial charge in [0, 0.05) is 36.8 Å². The van der Waals surface area contributed by atoms with E-state index in [4.69, 9.17) is 0 Å². The molecule has 28 heavy (non-hydrogen) atoms. The van der Waals surface area contributed by atoms with Crippen LogP contribution in [0.2, 0.25) is 0 Å². The zero-order valence-corrected chi connectivity index (χ0v) is 16.7. The average molecular weight is 399 g/mol. The van der Waals surface area contributed by atoms with Crippen molar-refractivity contribution in [1.82, 2.24) is 9.80 Å². The van der Waals surface area contributed by atoms with E-state index in [1.165, 1.54) is 10.5 Å². The molecule has 0 aromatic heterocycles. The molecule has 5 nitrogen and oxygen atoms in total. The Labute approximate surface area is 170 Å². The number of hydrogen-bond donors (Lipinski definition) is 2. The Bertz CT molecular complexity index is 849. The maximum atomic E-state index is 13.0. The number of aromatic hydroxyl groups is 2. The van der Waals surface area contributed by atoms with Crippen molar-refractivity contribution in [1.29, 1.82) is 0 Å². The van der Waals surface area contributed by atoms with E-state index < -0.39 is 0 Å². The van der Waals surface area contributed by atoms with Gasteiger partial charge >= 0.3 is 6.03 Å². The highest BCUT2D eigenvalue weighted by Crippen LogP contribution is 2.30. The van der Waals surface area contributed by atoms with Gasteiger partial charge in [-0.15, -0.1) is 11.8 Å². The predicted octanol–water partition coefficient (Wildman–Crippen LogP) is 4.08. The van der Waals surface area contributed by atoms with Gasteiger partial charge < -0.3 is 20.0 Å². The Morgan fingerprint density at radius 1 is 1.00 bits per heavy atom. The van der Waals surface area contributed by atoms with Crippen LogP contribution in [0.25, 0.3) is 0 Å². The second-order valence-electron chi connectivity index (χ2n) is 7.62. The van der Waals surface area contributed by atoms with Crippen molar-refractivity contribution >= 4 is 17.8 Å². The topological polar surface area (TPSA) is 64.0 Å². The lowest BCUT2D eigenvalue weighted by Crippen LogP contribution is -2.47. The summed E-state index contributed by atoms with van der Waals surface area (Å²) in [6, 6.07) is 13.5. The number of carbonyl (C=O) groups excluding carboxylic acids is 1. The maximum Gasteiger partial charge on any atom is 0.320 e.